The van der Waals surface area contributed by atoms with Crippen molar-refractivity contribution in [3.05, 3.63) is 35.9 Å². The van der Waals surface area contributed by atoms with E-state index in [1.807, 2.05) is 18.2 Å². The molecule has 20 heavy (non-hydrogen) atoms. The molecular formula is C17H25NO2. The number of carbonyl (C=O) groups excluding carboxylic acids is 1. The van der Waals surface area contributed by atoms with Crippen molar-refractivity contribution in [2.75, 3.05) is 6.54 Å². The molecule has 0 spiro atoms. The monoisotopic (exact) mass is 275 g/mol. The Labute approximate surface area is 121 Å². The third kappa shape index (κ3) is 3.83. The maximum atomic E-state index is 12.1. The molecule has 1 aliphatic carbocycles. The van der Waals surface area contributed by atoms with Crippen molar-refractivity contribution in [1.29, 1.82) is 0 Å². The van der Waals surface area contributed by atoms with Crippen LogP contribution in [0.3, 0.4) is 0 Å². The van der Waals surface area contributed by atoms with Gasteiger partial charge in [-0.3, -0.25) is 4.79 Å². The van der Waals surface area contributed by atoms with Gasteiger partial charge in [0.2, 0.25) is 5.91 Å². The molecule has 1 fully saturated rings. The minimum Gasteiger partial charge on any atom is -0.393 e. The van der Waals surface area contributed by atoms with Gasteiger partial charge in [0.05, 0.1) is 6.10 Å². The van der Waals surface area contributed by atoms with Crippen LogP contribution in [0.4, 0.5) is 0 Å². The third-order valence-electron chi connectivity index (χ3n) is 4.25. The summed E-state index contributed by atoms with van der Waals surface area (Å²) >= 11 is 0. The quantitative estimate of drug-likeness (QED) is 0.838. The number of rotatable bonds is 6. The summed E-state index contributed by atoms with van der Waals surface area (Å²) in [7, 11) is 0. The summed E-state index contributed by atoms with van der Waals surface area (Å²) in [6, 6.07) is 10.1. The first-order valence-corrected chi connectivity index (χ1v) is 7.41. The van der Waals surface area contributed by atoms with Crippen molar-refractivity contribution in [1.82, 2.24) is 5.32 Å². The number of amides is 1. The molecule has 0 bridgehead atoms. The fourth-order valence-corrected chi connectivity index (χ4v) is 2.74. The van der Waals surface area contributed by atoms with Gasteiger partial charge in [0.1, 0.15) is 0 Å². The highest BCUT2D eigenvalue weighted by molar-refractivity contribution is 5.82. The number of aliphatic hydroxyl groups is 1. The van der Waals surface area contributed by atoms with E-state index in [4.69, 9.17) is 0 Å². The lowest BCUT2D eigenvalue weighted by Gasteiger charge is -2.20. The normalized spacial score (nSPS) is 22.9. The summed E-state index contributed by atoms with van der Waals surface area (Å²) in [5.41, 5.74) is 1.33. The Bertz CT molecular complexity index is 453. The minimum absolute atomic E-state index is 0.154. The fraction of sp³-hybridized carbons (Fsp3) is 0.588. The fourth-order valence-electron chi connectivity index (χ4n) is 2.74. The van der Waals surface area contributed by atoms with E-state index in [9.17, 15) is 9.90 Å². The van der Waals surface area contributed by atoms with Crippen molar-refractivity contribution in [2.24, 2.45) is 11.3 Å². The van der Waals surface area contributed by atoms with Gasteiger partial charge in [0, 0.05) is 18.4 Å². The van der Waals surface area contributed by atoms with Gasteiger partial charge in [-0.1, -0.05) is 44.2 Å². The molecule has 0 aliphatic heterocycles. The number of hydrogen-bond acceptors (Lipinski definition) is 2. The first kappa shape index (κ1) is 15.0. The average molecular weight is 275 g/mol. The zero-order chi connectivity index (χ0) is 14.8. The molecule has 0 aromatic heterocycles. The van der Waals surface area contributed by atoms with Crippen molar-refractivity contribution < 1.29 is 9.90 Å². The number of carbonyl (C=O) groups is 1. The van der Waals surface area contributed by atoms with Gasteiger partial charge >= 0.3 is 0 Å². The topological polar surface area (TPSA) is 49.3 Å². The van der Waals surface area contributed by atoms with Gasteiger partial charge in [-0.15, -0.1) is 0 Å². The Morgan fingerprint density at radius 2 is 2.00 bits per heavy atom. The maximum Gasteiger partial charge on any atom is 0.223 e. The Kier molecular flexibility index (Phi) is 4.48. The van der Waals surface area contributed by atoms with Crippen LogP contribution in [0.2, 0.25) is 0 Å². The molecule has 3 atom stereocenters. The van der Waals surface area contributed by atoms with Crippen molar-refractivity contribution in [3.63, 3.8) is 0 Å². The third-order valence-corrected chi connectivity index (χ3v) is 4.25. The molecule has 1 aliphatic rings. The number of aliphatic hydroxyl groups excluding tert-OH is 1. The first-order valence-electron chi connectivity index (χ1n) is 7.41. The number of nitrogens with one attached hydrogen (secondary N) is 1. The van der Waals surface area contributed by atoms with Gasteiger partial charge < -0.3 is 10.4 Å². The van der Waals surface area contributed by atoms with E-state index >= 15 is 0 Å². The van der Waals surface area contributed by atoms with Gasteiger partial charge in [0.25, 0.3) is 0 Å². The molecule has 2 N–H and O–H groups in total. The number of hydrogen-bond donors (Lipinski definition) is 2. The molecular weight excluding hydrogens is 250 g/mol. The average Bonchev–Trinajstić information content (AvgIpc) is 3.04. The lowest BCUT2D eigenvalue weighted by molar-refractivity contribution is -0.123. The largest absolute Gasteiger partial charge is 0.393 e. The van der Waals surface area contributed by atoms with Crippen LogP contribution < -0.4 is 5.32 Å². The maximum absolute atomic E-state index is 12.1. The molecule has 110 valence electrons. The second-order valence-electron chi connectivity index (χ2n) is 6.68. The van der Waals surface area contributed by atoms with E-state index in [1.165, 1.54) is 5.56 Å². The van der Waals surface area contributed by atoms with E-state index < -0.39 is 0 Å². The van der Waals surface area contributed by atoms with E-state index in [2.05, 4.69) is 31.3 Å². The zero-order valence-electron chi connectivity index (χ0n) is 12.6. The number of benzene rings is 1. The Morgan fingerprint density at radius 3 is 2.50 bits per heavy atom. The van der Waals surface area contributed by atoms with Crippen molar-refractivity contribution >= 4 is 5.91 Å². The van der Waals surface area contributed by atoms with Crippen LogP contribution in [-0.4, -0.2) is 23.7 Å². The Hall–Kier alpha value is -1.35. The summed E-state index contributed by atoms with van der Waals surface area (Å²) in [5.74, 6) is 0.481. The molecule has 1 aromatic rings. The van der Waals surface area contributed by atoms with Crippen LogP contribution in [0.25, 0.3) is 0 Å². The smallest absolute Gasteiger partial charge is 0.223 e. The Balaban J connectivity index is 1.93. The van der Waals surface area contributed by atoms with Gasteiger partial charge in [-0.25, -0.2) is 0 Å². The predicted molar refractivity (Wildman–Crippen MR) is 80.4 cm³/mol. The van der Waals surface area contributed by atoms with Crippen LogP contribution in [0.15, 0.2) is 30.3 Å². The summed E-state index contributed by atoms with van der Waals surface area (Å²) in [6.07, 6.45) is 1.28. The van der Waals surface area contributed by atoms with Crippen molar-refractivity contribution in [3.8, 4) is 0 Å². The van der Waals surface area contributed by atoms with Crippen LogP contribution in [-0.2, 0) is 4.79 Å². The van der Waals surface area contributed by atoms with Gasteiger partial charge in [-0.2, -0.15) is 0 Å². The molecule has 2 rings (SSSR count). The van der Waals surface area contributed by atoms with E-state index in [-0.39, 0.29) is 29.3 Å². The lowest BCUT2D eigenvalue weighted by Crippen LogP contribution is -2.31. The lowest BCUT2D eigenvalue weighted by atomic mass is 9.93. The highest BCUT2D eigenvalue weighted by atomic mass is 16.3. The molecule has 0 heterocycles. The molecule has 3 nitrogen and oxygen atoms in total. The highest BCUT2D eigenvalue weighted by Crippen LogP contribution is 2.51. The molecule has 0 radical (unpaired) electrons. The second-order valence-corrected chi connectivity index (χ2v) is 6.68. The molecule has 3 unspecified atom stereocenters. The zero-order valence-corrected chi connectivity index (χ0v) is 12.6. The summed E-state index contributed by atoms with van der Waals surface area (Å²) < 4.78 is 0. The summed E-state index contributed by atoms with van der Waals surface area (Å²) in [4.78, 5) is 12.1. The highest BCUT2D eigenvalue weighted by Gasteiger charge is 2.50. The molecule has 1 amide bonds. The van der Waals surface area contributed by atoms with Gasteiger partial charge in [-0.05, 0) is 30.7 Å². The van der Waals surface area contributed by atoms with Crippen LogP contribution in [0, 0.1) is 11.3 Å². The van der Waals surface area contributed by atoms with Crippen LogP contribution in [0.5, 0.6) is 0 Å². The molecule has 1 aromatic carbocycles. The molecule has 0 saturated heterocycles. The first-order chi connectivity index (χ1) is 9.40. The van der Waals surface area contributed by atoms with E-state index in [1.54, 1.807) is 6.92 Å². The van der Waals surface area contributed by atoms with E-state index in [0.717, 1.165) is 6.42 Å². The minimum atomic E-state index is -0.366. The van der Waals surface area contributed by atoms with E-state index in [0.29, 0.717) is 13.0 Å². The molecule has 3 heteroatoms. The van der Waals surface area contributed by atoms with Gasteiger partial charge in [0.15, 0.2) is 0 Å². The SMILES string of the molecule is CC(O)CC(CNC(=O)C1CC1(C)C)c1ccccc1. The van der Waals surface area contributed by atoms with Crippen molar-refractivity contribution in [2.45, 2.75) is 45.6 Å². The Morgan fingerprint density at radius 1 is 1.40 bits per heavy atom. The van der Waals surface area contributed by atoms with Crippen LogP contribution >= 0.6 is 0 Å². The standard InChI is InChI=1S/C17H25NO2/c1-12(19)9-14(13-7-5-4-6-8-13)11-18-16(20)15-10-17(15,2)3/h4-8,12,14-15,19H,9-11H2,1-3H3,(H,18,20). The molecule has 1 saturated carbocycles. The predicted octanol–water partition coefficient (Wildman–Crippen LogP) is 2.70. The summed E-state index contributed by atoms with van der Waals surface area (Å²) in [6.45, 7) is 6.64. The summed E-state index contributed by atoms with van der Waals surface area (Å²) in [5, 5.41) is 12.7. The second kappa shape index (κ2) is 5.96. The van der Waals surface area contributed by atoms with Crippen LogP contribution in [0.1, 0.15) is 45.1 Å².